The minimum absolute atomic E-state index is 0.285. The average Bonchev–Trinajstić information content (AvgIpc) is 2.86. The summed E-state index contributed by atoms with van der Waals surface area (Å²) in [5.74, 6) is 0.908. The van der Waals surface area contributed by atoms with E-state index in [-0.39, 0.29) is 6.10 Å². The van der Waals surface area contributed by atoms with E-state index in [1.54, 1.807) is 0 Å². The van der Waals surface area contributed by atoms with Crippen molar-refractivity contribution in [2.45, 2.75) is 45.5 Å². The van der Waals surface area contributed by atoms with Gasteiger partial charge in [-0.1, -0.05) is 25.1 Å². The van der Waals surface area contributed by atoms with Gasteiger partial charge in [-0.2, -0.15) is 0 Å². The molecule has 21 heavy (non-hydrogen) atoms. The highest BCUT2D eigenvalue weighted by atomic mass is 16.5. The average molecular weight is 288 g/mol. The van der Waals surface area contributed by atoms with Crippen molar-refractivity contribution in [3.63, 3.8) is 0 Å². The Morgan fingerprint density at radius 1 is 1.33 bits per heavy atom. The van der Waals surface area contributed by atoms with Crippen LogP contribution in [0.25, 0.3) is 11.0 Å². The molecule has 1 aliphatic rings. The van der Waals surface area contributed by atoms with Gasteiger partial charge in [0.15, 0.2) is 0 Å². The van der Waals surface area contributed by atoms with Gasteiger partial charge in [-0.15, -0.1) is 0 Å². The van der Waals surface area contributed by atoms with Crippen LogP contribution in [0.3, 0.4) is 0 Å². The highest BCUT2D eigenvalue weighted by Gasteiger charge is 2.27. The fourth-order valence-electron chi connectivity index (χ4n) is 3.17. The molecule has 4 nitrogen and oxygen atoms in total. The zero-order chi connectivity index (χ0) is 14.8. The van der Waals surface area contributed by atoms with Crippen LogP contribution >= 0.6 is 0 Å². The Balaban J connectivity index is 1.92. The van der Waals surface area contributed by atoms with E-state index in [1.807, 2.05) is 12.1 Å². The van der Waals surface area contributed by atoms with Crippen molar-refractivity contribution < 1.29 is 9.15 Å². The van der Waals surface area contributed by atoms with Gasteiger partial charge in [0.05, 0.1) is 19.3 Å². The van der Waals surface area contributed by atoms with Gasteiger partial charge < -0.3 is 14.9 Å². The van der Waals surface area contributed by atoms with Crippen LogP contribution in [0, 0.1) is 0 Å². The number of benzene rings is 1. The van der Waals surface area contributed by atoms with Gasteiger partial charge in [-0.3, -0.25) is 4.90 Å². The van der Waals surface area contributed by atoms with Crippen molar-refractivity contribution in [1.29, 1.82) is 0 Å². The molecule has 114 valence electrons. The smallest absolute Gasteiger partial charge is 0.134 e. The number of morpholine rings is 1. The Bertz CT molecular complexity index is 608. The summed E-state index contributed by atoms with van der Waals surface area (Å²) in [6.45, 7) is 7.45. The van der Waals surface area contributed by atoms with Gasteiger partial charge in [0.2, 0.25) is 0 Å². The van der Waals surface area contributed by atoms with Crippen molar-refractivity contribution in [3.05, 3.63) is 35.6 Å². The second-order valence-corrected chi connectivity index (χ2v) is 5.84. The molecule has 1 aromatic heterocycles. The second-order valence-electron chi connectivity index (χ2n) is 5.84. The maximum Gasteiger partial charge on any atom is 0.134 e. The quantitative estimate of drug-likeness (QED) is 0.940. The molecule has 0 aliphatic carbocycles. The predicted molar refractivity (Wildman–Crippen MR) is 84.0 cm³/mol. The summed E-state index contributed by atoms with van der Waals surface area (Å²) in [5, 5.41) is 1.19. The first-order valence-corrected chi connectivity index (χ1v) is 7.78. The summed E-state index contributed by atoms with van der Waals surface area (Å²) in [5.41, 5.74) is 8.05. The zero-order valence-electron chi connectivity index (χ0n) is 12.8. The molecule has 2 atom stereocenters. The lowest BCUT2D eigenvalue weighted by Crippen LogP contribution is -2.47. The highest BCUT2D eigenvalue weighted by Crippen LogP contribution is 2.28. The Hall–Kier alpha value is -1.36. The summed E-state index contributed by atoms with van der Waals surface area (Å²) in [6, 6.07) is 8.66. The number of nitrogens with zero attached hydrogens (tertiary/aromatic N) is 1. The van der Waals surface area contributed by atoms with Crippen LogP contribution in [0.1, 0.15) is 31.6 Å². The first kappa shape index (κ1) is 14.6. The molecule has 2 N–H and O–H groups in total. The molecule has 0 radical (unpaired) electrons. The molecule has 3 rings (SSSR count). The second kappa shape index (κ2) is 6.18. The van der Waals surface area contributed by atoms with Gasteiger partial charge >= 0.3 is 0 Å². The summed E-state index contributed by atoms with van der Waals surface area (Å²) in [7, 11) is 0. The van der Waals surface area contributed by atoms with E-state index >= 15 is 0 Å². The number of nitrogens with two attached hydrogens (primary N) is 1. The lowest BCUT2D eigenvalue weighted by atomic mass is 10.1. The lowest BCUT2D eigenvalue weighted by molar-refractivity contribution is -0.0592. The van der Waals surface area contributed by atoms with Gasteiger partial charge in [-0.25, -0.2) is 0 Å². The van der Waals surface area contributed by atoms with E-state index in [4.69, 9.17) is 14.9 Å². The molecular weight excluding hydrogens is 264 g/mol. The minimum Gasteiger partial charge on any atom is -0.459 e. The number of hydrogen-bond acceptors (Lipinski definition) is 4. The molecule has 2 unspecified atom stereocenters. The van der Waals surface area contributed by atoms with Crippen LogP contribution in [-0.2, 0) is 17.8 Å². The van der Waals surface area contributed by atoms with Crippen molar-refractivity contribution in [2.75, 3.05) is 13.2 Å². The molecule has 0 amide bonds. The number of hydrogen-bond donors (Lipinski definition) is 1. The maximum absolute atomic E-state index is 5.90. The van der Waals surface area contributed by atoms with Crippen molar-refractivity contribution in [2.24, 2.45) is 5.73 Å². The molecule has 1 aliphatic heterocycles. The summed E-state index contributed by atoms with van der Waals surface area (Å²) in [4.78, 5) is 2.50. The SMILES string of the molecule is CCC1COC(C)CN1Cc1c(CN)oc2ccccc12. The van der Waals surface area contributed by atoms with E-state index in [1.165, 1.54) is 10.9 Å². The van der Waals surface area contributed by atoms with E-state index in [0.717, 1.165) is 37.5 Å². The van der Waals surface area contributed by atoms with Crippen molar-refractivity contribution in [3.8, 4) is 0 Å². The van der Waals surface area contributed by atoms with Gasteiger partial charge in [0.25, 0.3) is 0 Å². The number of furan rings is 1. The molecule has 0 bridgehead atoms. The molecule has 2 heterocycles. The zero-order valence-corrected chi connectivity index (χ0v) is 12.8. The number of fused-ring (bicyclic) bond motifs is 1. The van der Waals surface area contributed by atoms with Crippen molar-refractivity contribution in [1.82, 2.24) is 4.90 Å². The fourth-order valence-corrected chi connectivity index (χ4v) is 3.17. The lowest BCUT2D eigenvalue weighted by Gasteiger charge is -2.38. The van der Waals surface area contributed by atoms with Crippen molar-refractivity contribution >= 4 is 11.0 Å². The molecule has 1 saturated heterocycles. The van der Waals surface area contributed by atoms with E-state index < -0.39 is 0 Å². The summed E-state index contributed by atoms with van der Waals surface area (Å²) in [6.07, 6.45) is 1.38. The van der Waals surface area contributed by atoms with Crippen LogP contribution in [0.4, 0.5) is 0 Å². The van der Waals surface area contributed by atoms with Gasteiger partial charge in [-0.05, 0) is 19.4 Å². The monoisotopic (exact) mass is 288 g/mol. The Labute approximate surface area is 125 Å². The molecule has 0 spiro atoms. The molecule has 0 saturated carbocycles. The third kappa shape index (κ3) is 2.84. The topological polar surface area (TPSA) is 51.6 Å². The number of ether oxygens (including phenoxy) is 1. The Morgan fingerprint density at radius 2 is 2.14 bits per heavy atom. The Kier molecular flexibility index (Phi) is 4.29. The Morgan fingerprint density at radius 3 is 2.90 bits per heavy atom. The third-order valence-electron chi connectivity index (χ3n) is 4.38. The van der Waals surface area contributed by atoms with Crippen LogP contribution in [0.2, 0.25) is 0 Å². The number of rotatable bonds is 4. The molecule has 1 fully saturated rings. The number of para-hydroxylation sites is 1. The normalized spacial score (nSPS) is 23.8. The first-order chi connectivity index (χ1) is 10.2. The molecular formula is C17H24N2O2. The van der Waals surface area contributed by atoms with Crippen LogP contribution in [0.15, 0.2) is 28.7 Å². The van der Waals surface area contributed by atoms with Crippen LogP contribution in [0.5, 0.6) is 0 Å². The first-order valence-electron chi connectivity index (χ1n) is 7.78. The largest absolute Gasteiger partial charge is 0.459 e. The van der Waals surface area contributed by atoms with Gasteiger partial charge in [0, 0.05) is 30.1 Å². The highest BCUT2D eigenvalue weighted by molar-refractivity contribution is 5.82. The van der Waals surface area contributed by atoms with E-state index in [2.05, 4.69) is 30.9 Å². The summed E-state index contributed by atoms with van der Waals surface area (Å²) >= 11 is 0. The van der Waals surface area contributed by atoms with E-state index in [0.29, 0.717) is 12.6 Å². The molecule has 2 aromatic rings. The minimum atomic E-state index is 0.285. The summed E-state index contributed by atoms with van der Waals surface area (Å²) < 4.78 is 11.7. The maximum atomic E-state index is 5.90. The molecule has 4 heteroatoms. The van der Waals surface area contributed by atoms with E-state index in [9.17, 15) is 0 Å². The molecule has 1 aromatic carbocycles. The van der Waals surface area contributed by atoms with Gasteiger partial charge in [0.1, 0.15) is 11.3 Å². The predicted octanol–water partition coefficient (Wildman–Crippen LogP) is 2.89. The standard InChI is InChI=1S/C17H24N2O2/c1-3-13-11-20-12(2)9-19(13)10-15-14-6-4-5-7-16(14)21-17(15)8-18/h4-7,12-13H,3,8-11,18H2,1-2H3. The fraction of sp³-hybridized carbons (Fsp3) is 0.529. The van der Waals surface area contributed by atoms with Crippen LogP contribution in [-0.4, -0.2) is 30.2 Å². The third-order valence-corrected chi connectivity index (χ3v) is 4.38. The van der Waals surface area contributed by atoms with Crippen LogP contribution < -0.4 is 5.73 Å².